The number of hydrogen-bond acceptors (Lipinski definition) is 7. The van der Waals surface area contributed by atoms with Crippen LogP contribution in [0.4, 0.5) is 5.82 Å². The van der Waals surface area contributed by atoms with Crippen LogP contribution in [0.25, 0.3) is 0 Å². The Kier molecular flexibility index (Phi) is 4.48. The van der Waals surface area contributed by atoms with E-state index in [1.807, 2.05) is 0 Å². The molecule has 1 unspecified atom stereocenters. The van der Waals surface area contributed by atoms with Gasteiger partial charge in [-0.3, -0.25) is 9.78 Å². The minimum Gasteiger partial charge on any atom is -0.372 e. The van der Waals surface area contributed by atoms with Gasteiger partial charge in [0.25, 0.3) is 5.91 Å². The van der Waals surface area contributed by atoms with Crippen LogP contribution in [0, 0.1) is 0 Å². The zero-order valence-electron chi connectivity index (χ0n) is 11.2. The summed E-state index contributed by atoms with van der Waals surface area (Å²) in [7, 11) is -1.65. The first-order valence-electron chi connectivity index (χ1n) is 6.01. The number of aromatic nitrogens is 2. The van der Waals surface area contributed by atoms with Crippen molar-refractivity contribution in [2.45, 2.75) is 5.37 Å². The summed E-state index contributed by atoms with van der Waals surface area (Å²) in [5.74, 6) is 1.18. The third-order valence-corrected chi connectivity index (χ3v) is 5.59. The summed E-state index contributed by atoms with van der Waals surface area (Å²) in [6.07, 6.45) is 4.00. The predicted octanol–water partition coefficient (Wildman–Crippen LogP) is 0.0780. The van der Waals surface area contributed by atoms with Crippen LogP contribution in [0.2, 0.25) is 0 Å². The van der Waals surface area contributed by atoms with E-state index < -0.39 is 21.1 Å². The van der Waals surface area contributed by atoms with Gasteiger partial charge in [0.05, 0.1) is 12.4 Å². The van der Waals surface area contributed by atoms with E-state index in [1.165, 1.54) is 29.1 Å². The smallest absolute Gasteiger partial charge is 0.275 e. The summed E-state index contributed by atoms with van der Waals surface area (Å²) in [5, 5.41) is 2.00. The molecule has 1 aliphatic heterocycles. The SMILES string of the molecule is CNc1cncc(C(=O)N2CCSCC2S(C)(=O)=O)n1. The molecule has 1 atom stereocenters. The van der Waals surface area contributed by atoms with E-state index in [2.05, 4.69) is 15.3 Å². The molecule has 1 amide bonds. The van der Waals surface area contributed by atoms with E-state index in [-0.39, 0.29) is 5.69 Å². The van der Waals surface area contributed by atoms with Crippen LogP contribution < -0.4 is 5.32 Å². The molecule has 2 rings (SSSR count). The summed E-state index contributed by atoms with van der Waals surface area (Å²) < 4.78 is 23.6. The van der Waals surface area contributed by atoms with Crippen molar-refractivity contribution in [3.8, 4) is 0 Å². The molecule has 0 bridgehead atoms. The van der Waals surface area contributed by atoms with Gasteiger partial charge in [-0.05, 0) is 0 Å². The molecule has 0 aromatic carbocycles. The molecule has 2 heterocycles. The summed E-state index contributed by atoms with van der Waals surface area (Å²) in [4.78, 5) is 21.9. The van der Waals surface area contributed by atoms with E-state index in [4.69, 9.17) is 0 Å². The summed E-state index contributed by atoms with van der Waals surface area (Å²) in [6, 6.07) is 0. The number of nitrogens with one attached hydrogen (secondary N) is 1. The highest BCUT2D eigenvalue weighted by atomic mass is 32.2. The van der Waals surface area contributed by atoms with Crippen molar-refractivity contribution in [2.24, 2.45) is 0 Å². The van der Waals surface area contributed by atoms with Crippen molar-refractivity contribution in [3.63, 3.8) is 0 Å². The Morgan fingerprint density at radius 2 is 2.25 bits per heavy atom. The standard InChI is InChI=1S/C11H16N4O3S2/c1-12-9-6-13-5-8(14-9)11(16)15-3-4-19-7-10(15)20(2,17)18/h5-6,10H,3-4,7H2,1-2H3,(H,12,14). The number of hydrogen-bond donors (Lipinski definition) is 1. The second-order valence-corrected chi connectivity index (χ2v) is 7.75. The zero-order valence-corrected chi connectivity index (χ0v) is 12.9. The fourth-order valence-electron chi connectivity index (χ4n) is 1.90. The van der Waals surface area contributed by atoms with Crippen LogP contribution in [-0.4, -0.2) is 65.9 Å². The second-order valence-electron chi connectivity index (χ2n) is 4.40. The molecular formula is C11H16N4O3S2. The number of carbonyl (C=O) groups is 1. The van der Waals surface area contributed by atoms with Gasteiger partial charge in [0.1, 0.15) is 16.9 Å². The normalized spacial score (nSPS) is 19.7. The number of rotatable bonds is 3. The minimum atomic E-state index is -3.32. The lowest BCUT2D eigenvalue weighted by Gasteiger charge is -2.33. The molecule has 110 valence electrons. The van der Waals surface area contributed by atoms with E-state index >= 15 is 0 Å². The number of amides is 1. The van der Waals surface area contributed by atoms with Crippen molar-refractivity contribution < 1.29 is 13.2 Å². The van der Waals surface area contributed by atoms with Crippen molar-refractivity contribution in [3.05, 3.63) is 18.1 Å². The second kappa shape index (κ2) is 5.96. The number of anilines is 1. The average Bonchev–Trinajstić information content (AvgIpc) is 2.45. The van der Waals surface area contributed by atoms with E-state index in [0.29, 0.717) is 18.1 Å². The van der Waals surface area contributed by atoms with Crippen molar-refractivity contribution in [1.29, 1.82) is 0 Å². The molecule has 1 fully saturated rings. The zero-order chi connectivity index (χ0) is 14.8. The van der Waals surface area contributed by atoms with Gasteiger partial charge in [-0.1, -0.05) is 0 Å². The molecule has 0 radical (unpaired) electrons. The summed E-state index contributed by atoms with van der Waals surface area (Å²) in [5.41, 5.74) is 0.150. The maximum atomic E-state index is 12.4. The maximum Gasteiger partial charge on any atom is 0.275 e. The Balaban J connectivity index is 2.30. The number of carbonyl (C=O) groups excluding carboxylic acids is 1. The molecule has 9 heteroatoms. The van der Waals surface area contributed by atoms with Gasteiger partial charge in [0, 0.05) is 31.4 Å². The fourth-order valence-corrected chi connectivity index (χ4v) is 4.72. The van der Waals surface area contributed by atoms with Crippen LogP contribution in [-0.2, 0) is 9.84 Å². The Bertz CT molecular complexity index is 605. The third kappa shape index (κ3) is 3.21. The lowest BCUT2D eigenvalue weighted by atomic mass is 10.3. The fraction of sp³-hybridized carbons (Fsp3) is 0.545. The van der Waals surface area contributed by atoms with Gasteiger partial charge in [-0.25, -0.2) is 13.4 Å². The molecule has 0 saturated carbocycles. The lowest BCUT2D eigenvalue weighted by Crippen LogP contribution is -2.50. The average molecular weight is 316 g/mol. The van der Waals surface area contributed by atoms with Gasteiger partial charge in [-0.15, -0.1) is 0 Å². The van der Waals surface area contributed by atoms with Crippen molar-refractivity contribution >= 4 is 33.3 Å². The quantitative estimate of drug-likeness (QED) is 0.844. The predicted molar refractivity (Wildman–Crippen MR) is 78.6 cm³/mol. The molecule has 1 saturated heterocycles. The van der Waals surface area contributed by atoms with Crippen LogP contribution in [0.3, 0.4) is 0 Å². The topological polar surface area (TPSA) is 92.3 Å². The first-order chi connectivity index (χ1) is 9.43. The van der Waals surface area contributed by atoms with Gasteiger partial charge < -0.3 is 10.2 Å². The summed E-state index contributed by atoms with van der Waals surface area (Å²) in [6.45, 7) is 0.396. The van der Waals surface area contributed by atoms with Crippen LogP contribution in [0.1, 0.15) is 10.5 Å². The lowest BCUT2D eigenvalue weighted by molar-refractivity contribution is 0.0743. The first-order valence-corrected chi connectivity index (χ1v) is 9.12. The van der Waals surface area contributed by atoms with Gasteiger partial charge in [0.2, 0.25) is 0 Å². The number of nitrogens with zero attached hydrogens (tertiary/aromatic N) is 3. The summed E-state index contributed by atoms with van der Waals surface area (Å²) >= 11 is 1.53. The minimum absolute atomic E-state index is 0.150. The Labute approximate surface area is 122 Å². The molecule has 7 nitrogen and oxygen atoms in total. The van der Waals surface area contributed by atoms with Crippen LogP contribution >= 0.6 is 11.8 Å². The van der Waals surface area contributed by atoms with Crippen LogP contribution in [0.5, 0.6) is 0 Å². The first kappa shape index (κ1) is 15.0. The molecule has 1 aromatic heterocycles. The highest BCUT2D eigenvalue weighted by Gasteiger charge is 2.35. The highest BCUT2D eigenvalue weighted by Crippen LogP contribution is 2.22. The third-order valence-electron chi connectivity index (χ3n) is 2.95. The van der Waals surface area contributed by atoms with Gasteiger partial charge >= 0.3 is 0 Å². The molecule has 0 aliphatic carbocycles. The number of thioether (sulfide) groups is 1. The Morgan fingerprint density at radius 1 is 1.50 bits per heavy atom. The van der Waals surface area contributed by atoms with Crippen molar-refractivity contribution in [2.75, 3.05) is 36.7 Å². The molecule has 1 N–H and O–H groups in total. The largest absolute Gasteiger partial charge is 0.372 e. The van der Waals surface area contributed by atoms with Gasteiger partial charge in [0.15, 0.2) is 9.84 Å². The molecule has 1 aromatic rings. The molecule has 0 spiro atoms. The highest BCUT2D eigenvalue weighted by molar-refractivity contribution is 8.00. The van der Waals surface area contributed by atoms with E-state index in [0.717, 1.165) is 12.0 Å². The molecule has 1 aliphatic rings. The monoisotopic (exact) mass is 316 g/mol. The Hall–Kier alpha value is -1.35. The Morgan fingerprint density at radius 3 is 2.90 bits per heavy atom. The van der Waals surface area contributed by atoms with Gasteiger partial charge in [-0.2, -0.15) is 11.8 Å². The molecule has 20 heavy (non-hydrogen) atoms. The van der Waals surface area contributed by atoms with Crippen molar-refractivity contribution in [1.82, 2.24) is 14.9 Å². The molecular weight excluding hydrogens is 300 g/mol. The van der Waals surface area contributed by atoms with E-state index in [9.17, 15) is 13.2 Å². The van der Waals surface area contributed by atoms with Crippen LogP contribution in [0.15, 0.2) is 12.4 Å². The number of sulfone groups is 1. The maximum absolute atomic E-state index is 12.4. The van der Waals surface area contributed by atoms with E-state index in [1.54, 1.807) is 7.05 Å².